The summed E-state index contributed by atoms with van der Waals surface area (Å²) < 4.78 is 13.1. The normalized spacial score (nSPS) is 19.9. The summed E-state index contributed by atoms with van der Waals surface area (Å²) in [7, 11) is 4.14. The first-order chi connectivity index (χ1) is 31.9. The number of benzene rings is 2. The molecule has 0 unspecified atom stereocenters. The highest BCUT2D eigenvalue weighted by Crippen LogP contribution is 2.41. The Kier molecular flexibility index (Phi) is 14.3. The second-order valence-electron chi connectivity index (χ2n) is 19.1. The van der Waals surface area contributed by atoms with Crippen LogP contribution in [-0.4, -0.2) is 142 Å². The molecule has 5 amide bonds. The number of carbonyl (C=O) groups is 6. The number of nitrogens with zero attached hydrogens (tertiary/aromatic N) is 6. The van der Waals surface area contributed by atoms with Crippen LogP contribution in [0.2, 0.25) is 0 Å². The number of ether oxygens (including phenoxy) is 2. The lowest BCUT2D eigenvalue weighted by Gasteiger charge is -2.37. The Labute approximate surface area is 391 Å². The van der Waals surface area contributed by atoms with E-state index >= 15 is 0 Å². The van der Waals surface area contributed by atoms with Crippen LogP contribution in [0.5, 0.6) is 5.75 Å². The van der Waals surface area contributed by atoms with Crippen molar-refractivity contribution in [1.29, 1.82) is 0 Å². The van der Waals surface area contributed by atoms with E-state index in [4.69, 9.17) is 9.47 Å². The first-order valence-corrected chi connectivity index (χ1v) is 23.2. The Balaban J connectivity index is 1.25. The van der Waals surface area contributed by atoms with Gasteiger partial charge in [0.1, 0.15) is 29.9 Å². The van der Waals surface area contributed by atoms with Gasteiger partial charge in [-0.25, -0.2) is 10.2 Å². The SMILES string of the molecule is CCc1ccncc1-c1c2c3cc(ccc3n1CC)-c1cc(O)cc(c1)C[C@H](NC(=O)[C@H](C(C)C)N(C)C(=O)CN(C)C(=O)[C@@H]1CN1C(=O)OC)C(=O)N1CCC[C@H](N1)C(=O)OCC(C)(C)C2. The van der Waals surface area contributed by atoms with E-state index in [-0.39, 0.29) is 38.4 Å². The Morgan fingerprint density at radius 1 is 1.06 bits per heavy atom. The summed E-state index contributed by atoms with van der Waals surface area (Å²) in [6.07, 6.45) is 5.34. The number of aromatic hydroxyl groups is 1. The molecular weight excluding hydrogens is 857 g/mol. The quantitative estimate of drug-likeness (QED) is 0.147. The van der Waals surface area contributed by atoms with E-state index in [1.807, 2.05) is 24.5 Å². The van der Waals surface area contributed by atoms with Crippen molar-refractivity contribution >= 4 is 46.6 Å². The van der Waals surface area contributed by atoms with Gasteiger partial charge in [0.15, 0.2) is 0 Å². The summed E-state index contributed by atoms with van der Waals surface area (Å²) in [5.41, 5.74) is 10.0. The van der Waals surface area contributed by atoms with Gasteiger partial charge >= 0.3 is 12.1 Å². The van der Waals surface area contributed by atoms with Crippen LogP contribution in [0, 0.1) is 11.3 Å². The molecule has 358 valence electrons. The minimum Gasteiger partial charge on any atom is -0.508 e. The number of aromatic nitrogens is 2. The number of likely N-dealkylation sites (N-methyl/N-ethyl adjacent to an activating group) is 2. The fourth-order valence-corrected chi connectivity index (χ4v) is 9.61. The standard InChI is InChI=1S/C50H64N8O9/c1-10-31-16-17-51-25-37(31)44-36-24-50(5,6)28-67-48(64)38-13-12-18-58(53-38)46(62)39(21-30-19-33(22-34(59)20-30)32-14-15-40(35(36)23-32)56(44)11-2)52-45(61)43(29(3)4)55(8)42(60)27-54(7)47(63)41-26-57(41)49(65)66-9/h14-17,19-20,22-23,25,29,38-39,41,43,53,59H,10-13,18,21,24,26-28H2,1-9H3,(H,52,61)/t38-,39-,41-,43-,57?/m0/s1. The second kappa shape index (κ2) is 19.8. The number of amides is 5. The van der Waals surface area contributed by atoms with Crippen LogP contribution in [0.1, 0.15) is 71.1 Å². The van der Waals surface area contributed by atoms with Crippen LogP contribution in [-0.2, 0) is 59.3 Å². The van der Waals surface area contributed by atoms with E-state index in [2.05, 4.69) is 66.2 Å². The average Bonchev–Trinajstić information content (AvgIpc) is 4.05. The van der Waals surface area contributed by atoms with Crippen molar-refractivity contribution in [2.24, 2.45) is 11.3 Å². The summed E-state index contributed by atoms with van der Waals surface area (Å²) in [6, 6.07) is 9.59. The van der Waals surface area contributed by atoms with Gasteiger partial charge in [-0.15, -0.1) is 0 Å². The highest BCUT2D eigenvalue weighted by Gasteiger charge is 2.47. The molecule has 3 aliphatic heterocycles. The molecule has 67 heavy (non-hydrogen) atoms. The number of pyridine rings is 1. The highest BCUT2D eigenvalue weighted by atomic mass is 16.5. The first-order valence-electron chi connectivity index (χ1n) is 23.2. The van der Waals surface area contributed by atoms with Crippen molar-refractivity contribution in [1.82, 2.24) is 40.0 Å². The van der Waals surface area contributed by atoms with Crippen molar-refractivity contribution in [3.63, 3.8) is 0 Å². The number of carbonyl (C=O) groups excluding carboxylic acids is 6. The lowest BCUT2D eigenvalue weighted by Crippen LogP contribution is -2.62. The number of phenols is 1. The van der Waals surface area contributed by atoms with Crippen LogP contribution in [0.25, 0.3) is 33.3 Å². The number of esters is 1. The summed E-state index contributed by atoms with van der Waals surface area (Å²) in [5.74, 6) is -3.04. The summed E-state index contributed by atoms with van der Waals surface area (Å²) in [6.45, 7) is 12.8. The van der Waals surface area contributed by atoms with Gasteiger partial charge in [0.2, 0.25) is 17.7 Å². The number of hydrogen-bond acceptors (Lipinski definition) is 11. The zero-order chi connectivity index (χ0) is 48.5. The number of cyclic esters (lactones) is 1. The molecule has 2 aromatic heterocycles. The minimum absolute atomic E-state index is 0.0282. The second-order valence-corrected chi connectivity index (χ2v) is 19.1. The summed E-state index contributed by atoms with van der Waals surface area (Å²) >= 11 is 0. The summed E-state index contributed by atoms with van der Waals surface area (Å²) in [4.78, 5) is 90.0. The Morgan fingerprint density at radius 2 is 1.82 bits per heavy atom. The van der Waals surface area contributed by atoms with Crippen LogP contribution in [0.4, 0.5) is 4.79 Å². The number of aryl methyl sites for hydroxylation is 2. The third-order valence-electron chi connectivity index (χ3n) is 13.2. The average molecular weight is 921 g/mol. The molecule has 2 aromatic carbocycles. The predicted octanol–water partition coefficient (Wildman–Crippen LogP) is 4.70. The number of methoxy groups -OCH3 is 1. The minimum atomic E-state index is -1.21. The number of fused-ring (bicyclic) bond motifs is 6. The molecule has 0 spiro atoms. The van der Waals surface area contributed by atoms with E-state index in [0.29, 0.717) is 36.9 Å². The third-order valence-corrected chi connectivity index (χ3v) is 13.2. The van der Waals surface area contributed by atoms with Gasteiger partial charge in [0.25, 0.3) is 5.91 Å². The van der Waals surface area contributed by atoms with E-state index in [1.165, 1.54) is 40.9 Å². The molecule has 6 bridgehead atoms. The van der Waals surface area contributed by atoms with Crippen LogP contribution in [0.15, 0.2) is 54.9 Å². The van der Waals surface area contributed by atoms with Gasteiger partial charge in [-0.1, -0.05) is 46.8 Å². The van der Waals surface area contributed by atoms with Crippen molar-refractivity contribution in [3.8, 4) is 28.1 Å². The molecule has 7 rings (SSSR count). The van der Waals surface area contributed by atoms with Gasteiger partial charge in [-0.2, -0.15) is 0 Å². The highest BCUT2D eigenvalue weighted by molar-refractivity contribution is 5.97. The molecule has 17 heteroatoms. The van der Waals surface area contributed by atoms with Crippen molar-refractivity contribution < 1.29 is 43.3 Å². The molecule has 2 fully saturated rings. The maximum atomic E-state index is 14.7. The topological polar surface area (TPSA) is 196 Å². The van der Waals surface area contributed by atoms with Crippen molar-refractivity contribution in [2.75, 3.05) is 47.4 Å². The molecule has 5 heterocycles. The van der Waals surface area contributed by atoms with Crippen molar-refractivity contribution in [3.05, 3.63) is 71.5 Å². The smallest absolute Gasteiger partial charge is 0.410 e. The molecule has 3 aliphatic rings. The Morgan fingerprint density at radius 3 is 2.52 bits per heavy atom. The van der Waals surface area contributed by atoms with Gasteiger partial charge in [-0.05, 0) is 96.7 Å². The van der Waals surface area contributed by atoms with Gasteiger partial charge in [0.05, 0.1) is 32.5 Å². The largest absolute Gasteiger partial charge is 0.508 e. The first kappa shape index (κ1) is 48.4. The maximum absolute atomic E-state index is 14.7. The lowest BCUT2D eigenvalue weighted by molar-refractivity contribution is -0.155. The maximum Gasteiger partial charge on any atom is 0.410 e. The van der Waals surface area contributed by atoms with Gasteiger partial charge < -0.3 is 34.3 Å². The lowest BCUT2D eigenvalue weighted by atomic mass is 9.84. The number of nitrogens with one attached hydrogen (secondary N) is 2. The van der Waals surface area contributed by atoms with E-state index in [0.717, 1.165) is 45.3 Å². The monoisotopic (exact) mass is 920 g/mol. The summed E-state index contributed by atoms with van der Waals surface area (Å²) in [5, 5.41) is 16.6. The Bertz CT molecular complexity index is 2570. The van der Waals surface area contributed by atoms with Crippen molar-refractivity contribution in [2.45, 2.75) is 104 Å². The number of rotatable bonds is 10. The van der Waals surface area contributed by atoms with E-state index in [9.17, 15) is 33.9 Å². The molecule has 4 atom stereocenters. The van der Waals surface area contributed by atoms with E-state index < -0.39 is 71.2 Å². The fraction of sp³-hybridized carbons (Fsp3) is 0.500. The molecule has 2 saturated heterocycles. The molecule has 17 nitrogen and oxygen atoms in total. The number of phenolic OH excluding ortho intramolecular Hbond substituents is 1. The number of hydrazine groups is 1. The zero-order valence-corrected chi connectivity index (χ0v) is 40.1. The molecule has 3 N–H and O–H groups in total. The molecule has 0 radical (unpaired) electrons. The van der Waals surface area contributed by atoms with Crippen LogP contribution in [0.3, 0.4) is 0 Å². The Hall–Kier alpha value is -6.49. The molecular formula is C50H64N8O9. The molecule has 0 aliphatic carbocycles. The van der Waals surface area contributed by atoms with Crippen LogP contribution < -0.4 is 10.7 Å². The molecule has 0 saturated carbocycles. The van der Waals surface area contributed by atoms with Crippen LogP contribution >= 0.6 is 0 Å². The zero-order valence-electron chi connectivity index (χ0n) is 40.1. The van der Waals surface area contributed by atoms with Gasteiger partial charge in [-0.3, -0.25) is 38.9 Å². The number of hydrogen-bond donors (Lipinski definition) is 3. The fourth-order valence-electron chi connectivity index (χ4n) is 9.61. The van der Waals surface area contributed by atoms with Gasteiger partial charge in [0, 0.05) is 67.9 Å². The predicted molar refractivity (Wildman–Crippen MR) is 251 cm³/mol. The third kappa shape index (κ3) is 10.3. The molecule has 4 aromatic rings. The van der Waals surface area contributed by atoms with E-state index in [1.54, 1.807) is 26.0 Å².